The molecule has 156 valence electrons. The highest BCUT2D eigenvalue weighted by molar-refractivity contribution is 5.90. The van der Waals surface area contributed by atoms with Crippen molar-refractivity contribution in [3.8, 4) is 11.4 Å². The van der Waals surface area contributed by atoms with Gasteiger partial charge in [0.1, 0.15) is 6.10 Å². The summed E-state index contributed by atoms with van der Waals surface area (Å²) in [5, 5.41) is 13.8. The molecule has 0 bridgehead atoms. The Morgan fingerprint density at radius 1 is 1.23 bits per heavy atom. The molecule has 0 aliphatic carbocycles. The number of hydrogen-bond acceptors (Lipinski definition) is 6. The molecule has 2 N–H and O–H groups in total. The van der Waals surface area contributed by atoms with Crippen molar-refractivity contribution >= 4 is 23.6 Å². The van der Waals surface area contributed by atoms with Crippen LogP contribution in [0.25, 0.3) is 17.2 Å². The standard InChI is InChI=1S/C20H23N7O3/c1-2-3-9-22-19(28)23-12-16-13-27(20(29)30-16)15-7-5-14(6-8-15)17-24-25-18-21-10-4-11-26(17)18/h4-8,10-11,16H,2-3,9,12-13H2,1H3,(H2,22,23,28)/t16-/m0/s1. The van der Waals surface area contributed by atoms with Gasteiger partial charge in [0, 0.05) is 30.2 Å². The maximum absolute atomic E-state index is 12.3. The van der Waals surface area contributed by atoms with Crippen molar-refractivity contribution in [1.29, 1.82) is 0 Å². The van der Waals surface area contributed by atoms with Gasteiger partial charge in [-0.25, -0.2) is 14.6 Å². The lowest BCUT2D eigenvalue weighted by Crippen LogP contribution is -2.41. The first-order chi connectivity index (χ1) is 14.7. The van der Waals surface area contributed by atoms with E-state index in [0.29, 0.717) is 30.4 Å². The van der Waals surface area contributed by atoms with Crippen LogP contribution in [0.3, 0.4) is 0 Å². The average molecular weight is 409 g/mol. The zero-order valence-electron chi connectivity index (χ0n) is 16.6. The number of hydrogen-bond donors (Lipinski definition) is 2. The maximum Gasteiger partial charge on any atom is 0.414 e. The Bertz CT molecular complexity index is 1030. The highest BCUT2D eigenvalue weighted by Gasteiger charge is 2.32. The van der Waals surface area contributed by atoms with Crippen molar-refractivity contribution in [3.05, 3.63) is 42.7 Å². The molecule has 10 nitrogen and oxygen atoms in total. The van der Waals surface area contributed by atoms with E-state index < -0.39 is 12.2 Å². The van der Waals surface area contributed by atoms with Gasteiger partial charge in [0.2, 0.25) is 0 Å². The Hall–Kier alpha value is -3.69. The van der Waals surface area contributed by atoms with E-state index in [0.717, 1.165) is 18.4 Å². The summed E-state index contributed by atoms with van der Waals surface area (Å²) in [7, 11) is 0. The molecule has 1 aliphatic heterocycles. The molecular weight excluding hydrogens is 386 g/mol. The van der Waals surface area contributed by atoms with Gasteiger partial charge in [-0.1, -0.05) is 13.3 Å². The van der Waals surface area contributed by atoms with Crippen molar-refractivity contribution in [2.24, 2.45) is 0 Å². The van der Waals surface area contributed by atoms with Crippen LogP contribution in [0.4, 0.5) is 15.3 Å². The van der Waals surface area contributed by atoms with Gasteiger partial charge in [0.15, 0.2) is 5.82 Å². The molecule has 3 amide bonds. The van der Waals surface area contributed by atoms with E-state index in [2.05, 4.69) is 32.7 Å². The molecule has 1 saturated heterocycles. The summed E-state index contributed by atoms with van der Waals surface area (Å²) in [4.78, 5) is 29.7. The highest BCUT2D eigenvalue weighted by atomic mass is 16.6. The molecule has 1 aliphatic rings. The zero-order valence-corrected chi connectivity index (χ0v) is 16.6. The number of anilines is 1. The number of carbonyl (C=O) groups is 2. The van der Waals surface area contributed by atoms with Crippen LogP contribution < -0.4 is 15.5 Å². The minimum absolute atomic E-state index is 0.252. The number of amides is 3. The minimum atomic E-state index is -0.432. The van der Waals surface area contributed by atoms with Gasteiger partial charge in [0.25, 0.3) is 5.78 Å². The Kier molecular flexibility index (Phi) is 5.73. The first-order valence-electron chi connectivity index (χ1n) is 9.91. The zero-order chi connectivity index (χ0) is 20.9. The molecule has 0 spiro atoms. The van der Waals surface area contributed by atoms with Gasteiger partial charge < -0.3 is 15.4 Å². The molecule has 4 rings (SSSR count). The lowest BCUT2D eigenvalue weighted by molar-refractivity contribution is 0.140. The Labute approximate surface area is 173 Å². The second-order valence-electron chi connectivity index (χ2n) is 6.97. The molecule has 1 atom stereocenters. The Morgan fingerprint density at radius 2 is 2.07 bits per heavy atom. The van der Waals surface area contributed by atoms with E-state index in [4.69, 9.17) is 4.74 Å². The first kappa shape index (κ1) is 19.6. The SMILES string of the molecule is CCCCNC(=O)NC[C@H]1CN(c2ccc(-c3nnc4ncccn34)cc2)C(=O)O1. The van der Waals surface area contributed by atoms with Crippen LogP contribution in [0.15, 0.2) is 42.7 Å². The number of nitrogens with one attached hydrogen (secondary N) is 2. The van der Waals surface area contributed by atoms with Crippen molar-refractivity contribution in [2.75, 3.05) is 24.5 Å². The number of aromatic nitrogens is 4. The van der Waals surface area contributed by atoms with Crippen LogP contribution in [0.2, 0.25) is 0 Å². The van der Waals surface area contributed by atoms with Crippen molar-refractivity contribution < 1.29 is 14.3 Å². The molecule has 0 unspecified atom stereocenters. The van der Waals surface area contributed by atoms with Crippen molar-refractivity contribution in [2.45, 2.75) is 25.9 Å². The topological polar surface area (TPSA) is 114 Å². The second kappa shape index (κ2) is 8.76. The number of cyclic esters (lactones) is 1. The Balaban J connectivity index is 1.37. The molecule has 2 aromatic heterocycles. The number of urea groups is 1. The van der Waals surface area contributed by atoms with E-state index in [1.165, 1.54) is 0 Å². The van der Waals surface area contributed by atoms with Gasteiger partial charge in [-0.05, 0) is 36.8 Å². The van der Waals surface area contributed by atoms with E-state index in [9.17, 15) is 9.59 Å². The summed E-state index contributed by atoms with van der Waals surface area (Å²) < 4.78 is 7.17. The predicted octanol–water partition coefficient (Wildman–Crippen LogP) is 2.22. The van der Waals surface area contributed by atoms with Crippen LogP contribution in [0.5, 0.6) is 0 Å². The first-order valence-corrected chi connectivity index (χ1v) is 9.91. The molecule has 10 heteroatoms. The number of rotatable bonds is 7. The molecule has 30 heavy (non-hydrogen) atoms. The summed E-state index contributed by atoms with van der Waals surface area (Å²) in [6.45, 7) is 3.31. The molecule has 1 fully saturated rings. The molecule has 0 saturated carbocycles. The van der Waals surface area contributed by atoms with Gasteiger partial charge >= 0.3 is 12.1 Å². The third-order valence-electron chi connectivity index (χ3n) is 4.81. The fourth-order valence-electron chi connectivity index (χ4n) is 3.22. The van der Waals surface area contributed by atoms with Crippen LogP contribution in [-0.4, -0.2) is 57.4 Å². The molecule has 3 aromatic rings. The summed E-state index contributed by atoms with van der Waals surface area (Å²) >= 11 is 0. The monoisotopic (exact) mass is 409 g/mol. The summed E-state index contributed by atoms with van der Waals surface area (Å²) in [6.07, 6.45) is 4.61. The molecule has 0 radical (unpaired) electrons. The predicted molar refractivity (Wildman–Crippen MR) is 110 cm³/mol. The van der Waals surface area contributed by atoms with E-state index >= 15 is 0 Å². The fraction of sp³-hybridized carbons (Fsp3) is 0.350. The summed E-state index contributed by atoms with van der Waals surface area (Å²) in [5.74, 6) is 1.19. The number of nitrogens with zero attached hydrogens (tertiary/aromatic N) is 5. The van der Waals surface area contributed by atoms with Gasteiger partial charge in [-0.3, -0.25) is 9.30 Å². The number of carbonyl (C=O) groups excluding carboxylic acids is 2. The summed E-state index contributed by atoms with van der Waals surface area (Å²) in [6, 6.07) is 8.98. The van der Waals surface area contributed by atoms with E-state index in [-0.39, 0.29) is 12.6 Å². The number of fused-ring (bicyclic) bond motifs is 1. The maximum atomic E-state index is 12.3. The smallest absolute Gasteiger partial charge is 0.414 e. The molecule has 1 aromatic carbocycles. The van der Waals surface area contributed by atoms with Crippen LogP contribution in [0.1, 0.15) is 19.8 Å². The second-order valence-corrected chi connectivity index (χ2v) is 6.97. The average Bonchev–Trinajstić information content (AvgIpc) is 3.36. The fourth-order valence-corrected chi connectivity index (χ4v) is 3.22. The molecule has 3 heterocycles. The third-order valence-corrected chi connectivity index (χ3v) is 4.81. The lowest BCUT2D eigenvalue weighted by atomic mass is 10.2. The quantitative estimate of drug-likeness (QED) is 0.579. The Morgan fingerprint density at radius 3 is 2.87 bits per heavy atom. The molecular formula is C20H23N7O3. The van der Waals surface area contributed by atoms with Crippen molar-refractivity contribution in [3.63, 3.8) is 0 Å². The number of benzene rings is 1. The van der Waals surface area contributed by atoms with Gasteiger partial charge in [-0.2, -0.15) is 0 Å². The number of ether oxygens (including phenoxy) is 1. The largest absolute Gasteiger partial charge is 0.442 e. The number of unbranched alkanes of at least 4 members (excludes halogenated alkanes) is 1. The normalized spacial score (nSPS) is 16.0. The van der Waals surface area contributed by atoms with E-state index in [1.807, 2.05) is 36.5 Å². The summed E-state index contributed by atoms with van der Waals surface area (Å²) in [5.41, 5.74) is 1.57. The highest BCUT2D eigenvalue weighted by Crippen LogP contribution is 2.25. The van der Waals surface area contributed by atoms with Crippen LogP contribution in [-0.2, 0) is 4.74 Å². The van der Waals surface area contributed by atoms with Gasteiger partial charge in [-0.15, -0.1) is 10.2 Å². The van der Waals surface area contributed by atoms with Gasteiger partial charge in [0.05, 0.1) is 13.1 Å². The van der Waals surface area contributed by atoms with Crippen LogP contribution >= 0.6 is 0 Å². The lowest BCUT2D eigenvalue weighted by Gasteiger charge is -2.13. The van der Waals surface area contributed by atoms with Crippen LogP contribution in [0, 0.1) is 0 Å². The van der Waals surface area contributed by atoms with E-state index in [1.54, 1.807) is 15.5 Å². The van der Waals surface area contributed by atoms with Crippen molar-refractivity contribution in [1.82, 2.24) is 30.2 Å². The third kappa shape index (κ3) is 4.17. The minimum Gasteiger partial charge on any atom is -0.442 e.